The fraction of sp³-hybridized carbons (Fsp3) is 0.438. The molecule has 1 aliphatic heterocycles. The largest absolute Gasteiger partial charge is 0.465 e. The molecule has 1 heterocycles. The predicted molar refractivity (Wildman–Crippen MR) is 70.8 cm³/mol. The van der Waals surface area contributed by atoms with Crippen molar-refractivity contribution in [3.63, 3.8) is 0 Å². The number of ether oxygens (including phenoxy) is 1. The Labute approximate surface area is 108 Å². The molecule has 0 aromatic heterocycles. The molecule has 0 spiro atoms. The first-order chi connectivity index (χ1) is 8.79. The number of carbonyl (C=O) groups excluding carboxylic acids is 1. The number of carbonyl (C=O) groups is 1. The molecule has 0 N–H and O–H groups in total. The van der Waals surface area contributed by atoms with Crippen LogP contribution in [0, 0.1) is 17.3 Å². The third-order valence-electron chi connectivity index (χ3n) is 4.30. The van der Waals surface area contributed by atoms with Crippen molar-refractivity contribution >= 4 is 12.0 Å². The van der Waals surface area contributed by atoms with Crippen molar-refractivity contribution in [1.29, 1.82) is 0 Å². The SMILES string of the molecule is CCC[C@@H]1[C@H]2COC(=O)[C@@]12/C=C/c1ccccc1. The van der Waals surface area contributed by atoms with E-state index in [1.807, 2.05) is 18.2 Å². The predicted octanol–water partition coefficient (Wildman–Crippen LogP) is 3.29. The highest BCUT2D eigenvalue weighted by molar-refractivity contribution is 5.87. The summed E-state index contributed by atoms with van der Waals surface area (Å²) in [4.78, 5) is 12.0. The van der Waals surface area contributed by atoms with E-state index in [4.69, 9.17) is 4.74 Å². The highest BCUT2D eigenvalue weighted by Gasteiger charge is 2.72. The van der Waals surface area contributed by atoms with Crippen LogP contribution in [0.4, 0.5) is 0 Å². The van der Waals surface area contributed by atoms with Gasteiger partial charge in [-0.15, -0.1) is 0 Å². The number of esters is 1. The van der Waals surface area contributed by atoms with Crippen LogP contribution in [0.15, 0.2) is 36.4 Å². The zero-order valence-corrected chi connectivity index (χ0v) is 10.6. The third kappa shape index (κ3) is 1.59. The summed E-state index contributed by atoms with van der Waals surface area (Å²) in [6.07, 6.45) is 6.41. The van der Waals surface area contributed by atoms with Crippen molar-refractivity contribution in [2.45, 2.75) is 19.8 Å². The Morgan fingerprint density at radius 3 is 2.89 bits per heavy atom. The molecule has 18 heavy (non-hydrogen) atoms. The van der Waals surface area contributed by atoms with E-state index < -0.39 is 0 Å². The molecule has 2 fully saturated rings. The number of benzene rings is 1. The average Bonchev–Trinajstić information content (AvgIpc) is 2.89. The van der Waals surface area contributed by atoms with E-state index >= 15 is 0 Å². The molecule has 3 atom stereocenters. The molecule has 0 radical (unpaired) electrons. The Bertz CT molecular complexity index is 477. The normalized spacial score (nSPS) is 33.5. The molecule has 94 valence electrons. The van der Waals surface area contributed by atoms with Crippen molar-refractivity contribution in [2.24, 2.45) is 17.3 Å². The fourth-order valence-electron chi connectivity index (χ4n) is 3.27. The van der Waals surface area contributed by atoms with E-state index in [2.05, 4.69) is 31.2 Å². The Kier molecular flexibility index (Phi) is 2.73. The molecule has 0 unspecified atom stereocenters. The zero-order valence-electron chi connectivity index (χ0n) is 10.6. The topological polar surface area (TPSA) is 26.3 Å². The van der Waals surface area contributed by atoms with Gasteiger partial charge in [-0.25, -0.2) is 0 Å². The Balaban J connectivity index is 1.82. The van der Waals surface area contributed by atoms with E-state index in [-0.39, 0.29) is 11.4 Å². The molecule has 1 aromatic rings. The number of fused-ring (bicyclic) bond motifs is 1. The molecular weight excluding hydrogens is 224 g/mol. The lowest BCUT2D eigenvalue weighted by Crippen LogP contribution is -2.15. The van der Waals surface area contributed by atoms with Crippen LogP contribution in [0.5, 0.6) is 0 Å². The van der Waals surface area contributed by atoms with Gasteiger partial charge in [0.15, 0.2) is 0 Å². The summed E-state index contributed by atoms with van der Waals surface area (Å²) < 4.78 is 5.19. The van der Waals surface area contributed by atoms with Gasteiger partial charge < -0.3 is 4.74 Å². The lowest BCUT2D eigenvalue weighted by molar-refractivity contribution is -0.144. The van der Waals surface area contributed by atoms with E-state index in [0.29, 0.717) is 18.4 Å². The molecule has 1 saturated carbocycles. The Hall–Kier alpha value is -1.57. The van der Waals surface area contributed by atoms with E-state index in [1.54, 1.807) is 0 Å². The standard InChI is InChI=1S/C16H18O2/c1-2-6-13-14-11-18-15(17)16(13,14)10-9-12-7-4-3-5-8-12/h3-5,7-10,13-14H,2,6,11H2,1H3/b10-9+/t13-,14-,16+/m1/s1. The number of rotatable bonds is 4. The molecule has 2 aliphatic rings. The number of cyclic esters (lactones) is 1. The molecule has 3 rings (SSSR count). The summed E-state index contributed by atoms with van der Waals surface area (Å²) >= 11 is 0. The van der Waals surface area contributed by atoms with Gasteiger partial charge in [0.2, 0.25) is 0 Å². The molecule has 1 aromatic carbocycles. The van der Waals surface area contributed by atoms with Crippen LogP contribution in [0.2, 0.25) is 0 Å². The molecule has 1 saturated heterocycles. The Morgan fingerprint density at radius 1 is 1.39 bits per heavy atom. The van der Waals surface area contributed by atoms with Crippen molar-refractivity contribution in [1.82, 2.24) is 0 Å². The highest BCUT2D eigenvalue weighted by atomic mass is 16.5. The van der Waals surface area contributed by atoms with Gasteiger partial charge in [0.25, 0.3) is 0 Å². The van der Waals surface area contributed by atoms with Crippen LogP contribution in [-0.4, -0.2) is 12.6 Å². The van der Waals surface area contributed by atoms with E-state index in [0.717, 1.165) is 18.4 Å². The van der Waals surface area contributed by atoms with Gasteiger partial charge in [-0.1, -0.05) is 55.8 Å². The molecule has 2 nitrogen and oxygen atoms in total. The van der Waals surface area contributed by atoms with Crippen LogP contribution in [0.25, 0.3) is 6.08 Å². The van der Waals surface area contributed by atoms with Crippen LogP contribution in [0.3, 0.4) is 0 Å². The quantitative estimate of drug-likeness (QED) is 0.757. The molecule has 0 amide bonds. The summed E-state index contributed by atoms with van der Waals surface area (Å²) in [5.41, 5.74) is 0.846. The smallest absolute Gasteiger partial charge is 0.316 e. The van der Waals surface area contributed by atoms with Crippen molar-refractivity contribution < 1.29 is 9.53 Å². The van der Waals surface area contributed by atoms with Gasteiger partial charge in [-0.2, -0.15) is 0 Å². The first-order valence-electron chi connectivity index (χ1n) is 6.70. The lowest BCUT2D eigenvalue weighted by atomic mass is 9.99. The Morgan fingerprint density at radius 2 is 2.17 bits per heavy atom. The van der Waals surface area contributed by atoms with E-state index in [9.17, 15) is 4.79 Å². The van der Waals surface area contributed by atoms with Gasteiger partial charge in [0.1, 0.15) is 0 Å². The number of hydrogen-bond donors (Lipinski definition) is 0. The maximum Gasteiger partial charge on any atom is 0.316 e. The lowest BCUT2D eigenvalue weighted by Gasteiger charge is -2.08. The average molecular weight is 242 g/mol. The van der Waals surface area contributed by atoms with Crippen LogP contribution < -0.4 is 0 Å². The van der Waals surface area contributed by atoms with Crippen LogP contribution in [-0.2, 0) is 9.53 Å². The van der Waals surface area contributed by atoms with Crippen molar-refractivity contribution in [3.8, 4) is 0 Å². The molecule has 1 aliphatic carbocycles. The van der Waals surface area contributed by atoms with Gasteiger partial charge in [0, 0.05) is 5.92 Å². The summed E-state index contributed by atoms with van der Waals surface area (Å²) in [7, 11) is 0. The monoisotopic (exact) mass is 242 g/mol. The summed E-state index contributed by atoms with van der Waals surface area (Å²) in [6.45, 7) is 2.79. The maximum atomic E-state index is 12.0. The summed E-state index contributed by atoms with van der Waals surface area (Å²) in [5, 5.41) is 0. The fourth-order valence-corrected chi connectivity index (χ4v) is 3.27. The number of hydrogen-bond acceptors (Lipinski definition) is 2. The van der Waals surface area contributed by atoms with Crippen LogP contribution in [0.1, 0.15) is 25.3 Å². The van der Waals surface area contributed by atoms with Gasteiger partial charge >= 0.3 is 5.97 Å². The van der Waals surface area contributed by atoms with Gasteiger partial charge in [0.05, 0.1) is 12.0 Å². The molecule has 0 bridgehead atoms. The summed E-state index contributed by atoms with van der Waals surface area (Å²) in [6, 6.07) is 10.1. The minimum atomic E-state index is -0.300. The zero-order chi connectivity index (χ0) is 12.6. The highest BCUT2D eigenvalue weighted by Crippen LogP contribution is 2.66. The first-order valence-corrected chi connectivity index (χ1v) is 6.70. The third-order valence-corrected chi connectivity index (χ3v) is 4.30. The molecular formula is C16H18O2. The second kappa shape index (κ2) is 4.27. The maximum absolute atomic E-state index is 12.0. The minimum Gasteiger partial charge on any atom is -0.465 e. The second-order valence-electron chi connectivity index (χ2n) is 5.28. The molecule has 2 heteroatoms. The van der Waals surface area contributed by atoms with Gasteiger partial charge in [-0.3, -0.25) is 4.79 Å². The van der Waals surface area contributed by atoms with Crippen LogP contribution >= 0.6 is 0 Å². The first kappa shape index (κ1) is 11.5. The second-order valence-corrected chi connectivity index (χ2v) is 5.28. The summed E-state index contributed by atoms with van der Waals surface area (Å²) in [5.74, 6) is 0.909. The van der Waals surface area contributed by atoms with Gasteiger partial charge in [-0.05, 0) is 17.9 Å². The van der Waals surface area contributed by atoms with Crippen molar-refractivity contribution in [2.75, 3.05) is 6.61 Å². The van der Waals surface area contributed by atoms with E-state index in [1.165, 1.54) is 0 Å². The minimum absolute atomic E-state index is 0.0156. The van der Waals surface area contributed by atoms with Crippen molar-refractivity contribution in [3.05, 3.63) is 42.0 Å².